The van der Waals surface area contributed by atoms with Gasteiger partial charge in [0.2, 0.25) is 11.8 Å². The summed E-state index contributed by atoms with van der Waals surface area (Å²) in [4.78, 5) is 27.6. The Bertz CT molecular complexity index is 404. The fourth-order valence-electron chi connectivity index (χ4n) is 1.32. The lowest BCUT2D eigenvalue weighted by Gasteiger charge is -2.10. The Hall–Kier alpha value is -1.63. The number of nitrogens with one attached hydrogen (secondary N) is 1. The standard InChI is InChI=1S/C8H9N3O3S/c12-5-4-15-6(10-5)3-7(13)11-2-1-9-8(11)14/h4,12H,1-3H2,(H,9,14). The first-order valence-electron chi connectivity index (χ1n) is 4.38. The molecule has 1 aromatic rings. The third-order valence-corrected chi connectivity index (χ3v) is 2.84. The van der Waals surface area contributed by atoms with Gasteiger partial charge in [-0.15, -0.1) is 11.3 Å². The predicted molar refractivity (Wildman–Crippen MR) is 52.6 cm³/mol. The Labute approximate surface area is 89.5 Å². The number of hydrogen-bond acceptors (Lipinski definition) is 5. The predicted octanol–water partition coefficient (Wildman–Crippen LogP) is -0.0570. The van der Waals surface area contributed by atoms with Gasteiger partial charge in [0.05, 0.1) is 11.8 Å². The van der Waals surface area contributed by atoms with Gasteiger partial charge in [0, 0.05) is 13.1 Å². The van der Waals surface area contributed by atoms with Crippen LogP contribution in [0.2, 0.25) is 0 Å². The number of aromatic hydroxyl groups is 1. The molecule has 0 aromatic carbocycles. The molecule has 80 valence electrons. The van der Waals surface area contributed by atoms with Crippen molar-refractivity contribution >= 4 is 23.3 Å². The van der Waals surface area contributed by atoms with Crippen molar-refractivity contribution in [2.45, 2.75) is 6.42 Å². The van der Waals surface area contributed by atoms with Crippen molar-refractivity contribution in [1.82, 2.24) is 15.2 Å². The molecule has 1 aromatic heterocycles. The van der Waals surface area contributed by atoms with Gasteiger partial charge in [-0.25, -0.2) is 9.78 Å². The number of thiazole rings is 1. The van der Waals surface area contributed by atoms with E-state index in [1.807, 2.05) is 0 Å². The number of aromatic nitrogens is 1. The van der Waals surface area contributed by atoms with Crippen LogP contribution < -0.4 is 5.32 Å². The van der Waals surface area contributed by atoms with Crippen LogP contribution in [0.15, 0.2) is 5.38 Å². The molecule has 0 radical (unpaired) electrons. The summed E-state index contributed by atoms with van der Waals surface area (Å²) < 4.78 is 0. The molecule has 1 fully saturated rings. The number of imide groups is 1. The molecule has 6 nitrogen and oxygen atoms in total. The molecule has 1 saturated heterocycles. The van der Waals surface area contributed by atoms with E-state index in [2.05, 4.69) is 10.3 Å². The average Bonchev–Trinajstić information content (AvgIpc) is 2.75. The number of hydrogen-bond donors (Lipinski definition) is 2. The van der Waals surface area contributed by atoms with Crippen molar-refractivity contribution in [1.29, 1.82) is 0 Å². The minimum absolute atomic E-state index is 0.0542. The zero-order chi connectivity index (χ0) is 10.8. The Morgan fingerprint density at radius 1 is 1.73 bits per heavy atom. The van der Waals surface area contributed by atoms with Crippen LogP contribution in [0, 0.1) is 0 Å². The molecule has 2 N–H and O–H groups in total. The summed E-state index contributed by atoms with van der Waals surface area (Å²) in [6, 6.07) is -0.360. The van der Waals surface area contributed by atoms with Gasteiger partial charge in [0.1, 0.15) is 5.01 Å². The molecular formula is C8H9N3O3S. The number of carbonyl (C=O) groups is 2. The molecule has 0 aliphatic carbocycles. The monoisotopic (exact) mass is 227 g/mol. The van der Waals surface area contributed by atoms with Crippen LogP contribution in [-0.4, -0.2) is 40.0 Å². The lowest BCUT2D eigenvalue weighted by Crippen LogP contribution is -2.35. The summed E-state index contributed by atoms with van der Waals surface area (Å²) >= 11 is 1.20. The number of carbonyl (C=O) groups excluding carboxylic acids is 2. The normalized spacial score (nSPS) is 15.5. The highest BCUT2D eigenvalue weighted by molar-refractivity contribution is 7.09. The van der Waals surface area contributed by atoms with Crippen LogP contribution in [-0.2, 0) is 11.2 Å². The molecule has 0 unspecified atom stereocenters. The number of rotatable bonds is 2. The molecule has 0 atom stereocenters. The molecular weight excluding hydrogens is 218 g/mol. The van der Waals surface area contributed by atoms with E-state index in [4.69, 9.17) is 5.11 Å². The highest BCUT2D eigenvalue weighted by Crippen LogP contribution is 2.16. The molecule has 1 aliphatic rings. The van der Waals surface area contributed by atoms with E-state index >= 15 is 0 Å². The zero-order valence-electron chi connectivity index (χ0n) is 7.77. The number of nitrogens with zero attached hydrogens (tertiary/aromatic N) is 2. The smallest absolute Gasteiger partial charge is 0.324 e. The Balaban J connectivity index is 2.00. The third-order valence-electron chi connectivity index (χ3n) is 2.00. The number of amides is 3. The van der Waals surface area contributed by atoms with E-state index < -0.39 is 0 Å². The van der Waals surface area contributed by atoms with Crippen LogP contribution in [0.1, 0.15) is 5.01 Å². The van der Waals surface area contributed by atoms with Crippen molar-refractivity contribution in [3.63, 3.8) is 0 Å². The van der Waals surface area contributed by atoms with Crippen LogP contribution >= 0.6 is 11.3 Å². The Kier molecular flexibility index (Phi) is 2.55. The summed E-state index contributed by atoms with van der Waals surface area (Å²) in [6.07, 6.45) is 0.0542. The zero-order valence-corrected chi connectivity index (χ0v) is 8.58. The summed E-state index contributed by atoms with van der Waals surface area (Å²) in [7, 11) is 0. The van der Waals surface area contributed by atoms with Gasteiger partial charge in [-0.05, 0) is 0 Å². The lowest BCUT2D eigenvalue weighted by molar-refractivity contribution is -0.126. The second kappa shape index (κ2) is 3.85. The molecule has 0 bridgehead atoms. The maximum atomic E-state index is 11.6. The van der Waals surface area contributed by atoms with Gasteiger partial charge >= 0.3 is 6.03 Å². The molecule has 2 heterocycles. The minimum atomic E-state index is -0.360. The molecule has 1 aliphatic heterocycles. The maximum Gasteiger partial charge on any atom is 0.324 e. The first kappa shape index (κ1) is 9.91. The first-order chi connectivity index (χ1) is 7.16. The van der Waals surface area contributed by atoms with E-state index in [-0.39, 0.29) is 24.2 Å². The van der Waals surface area contributed by atoms with E-state index in [1.165, 1.54) is 16.7 Å². The van der Waals surface area contributed by atoms with Gasteiger partial charge in [0.25, 0.3) is 0 Å². The van der Waals surface area contributed by atoms with Crippen LogP contribution in [0.3, 0.4) is 0 Å². The second-order valence-corrected chi connectivity index (χ2v) is 4.00. The second-order valence-electron chi connectivity index (χ2n) is 3.05. The van der Waals surface area contributed by atoms with Crippen LogP contribution in [0.5, 0.6) is 5.88 Å². The van der Waals surface area contributed by atoms with Gasteiger partial charge in [-0.2, -0.15) is 0 Å². The maximum absolute atomic E-state index is 11.6. The molecule has 3 amide bonds. The highest BCUT2D eigenvalue weighted by Gasteiger charge is 2.26. The van der Waals surface area contributed by atoms with Gasteiger partial charge in [-0.3, -0.25) is 9.69 Å². The third kappa shape index (κ3) is 2.07. The summed E-state index contributed by atoms with van der Waals surface area (Å²) in [6.45, 7) is 0.892. The Morgan fingerprint density at radius 3 is 3.07 bits per heavy atom. The first-order valence-corrected chi connectivity index (χ1v) is 5.26. The average molecular weight is 227 g/mol. The van der Waals surface area contributed by atoms with E-state index in [1.54, 1.807) is 0 Å². The van der Waals surface area contributed by atoms with Crippen molar-refractivity contribution in [3.8, 4) is 5.88 Å². The Morgan fingerprint density at radius 2 is 2.53 bits per heavy atom. The van der Waals surface area contributed by atoms with Gasteiger partial charge in [-0.1, -0.05) is 0 Å². The fraction of sp³-hybridized carbons (Fsp3) is 0.375. The minimum Gasteiger partial charge on any atom is -0.493 e. The van der Waals surface area contributed by atoms with E-state index in [9.17, 15) is 9.59 Å². The fourth-order valence-corrected chi connectivity index (χ4v) is 1.96. The summed E-state index contributed by atoms with van der Waals surface area (Å²) in [5, 5.41) is 13.5. The lowest BCUT2D eigenvalue weighted by atomic mass is 10.4. The summed E-state index contributed by atoms with van der Waals surface area (Å²) in [5.74, 6) is -0.381. The highest BCUT2D eigenvalue weighted by atomic mass is 32.1. The topological polar surface area (TPSA) is 82.5 Å². The van der Waals surface area contributed by atoms with Crippen molar-refractivity contribution in [2.75, 3.05) is 13.1 Å². The molecule has 15 heavy (non-hydrogen) atoms. The summed E-state index contributed by atoms with van der Waals surface area (Å²) in [5.41, 5.74) is 0. The van der Waals surface area contributed by atoms with Crippen LogP contribution in [0.25, 0.3) is 0 Å². The van der Waals surface area contributed by atoms with E-state index in [0.717, 1.165) is 4.90 Å². The van der Waals surface area contributed by atoms with Crippen molar-refractivity contribution in [2.24, 2.45) is 0 Å². The van der Waals surface area contributed by atoms with Crippen molar-refractivity contribution < 1.29 is 14.7 Å². The van der Waals surface area contributed by atoms with Gasteiger partial charge in [0.15, 0.2) is 0 Å². The largest absolute Gasteiger partial charge is 0.493 e. The van der Waals surface area contributed by atoms with Crippen LogP contribution in [0.4, 0.5) is 4.79 Å². The van der Waals surface area contributed by atoms with Gasteiger partial charge < -0.3 is 10.4 Å². The quantitative estimate of drug-likeness (QED) is 0.741. The SMILES string of the molecule is O=C(Cc1nc(O)cs1)N1CCNC1=O. The molecule has 0 spiro atoms. The molecule has 7 heteroatoms. The van der Waals surface area contributed by atoms with Crippen molar-refractivity contribution in [3.05, 3.63) is 10.4 Å². The number of urea groups is 1. The molecule has 0 saturated carbocycles. The molecule has 2 rings (SSSR count). The van der Waals surface area contributed by atoms with E-state index in [0.29, 0.717) is 18.1 Å².